The van der Waals surface area contributed by atoms with Gasteiger partial charge >= 0.3 is 0 Å². The SMILES string of the molecule is CN(C)CCCN1c2ccccc2C[C@@H](C(=O)N2CCOCC2)c2ccccc21. The number of amides is 1. The first-order chi connectivity index (χ1) is 14.1. The third-order valence-electron chi connectivity index (χ3n) is 5.92. The molecule has 4 rings (SSSR count). The van der Waals surface area contributed by atoms with E-state index < -0.39 is 0 Å². The van der Waals surface area contributed by atoms with E-state index in [1.165, 1.54) is 16.9 Å². The van der Waals surface area contributed by atoms with E-state index in [0.29, 0.717) is 26.3 Å². The quantitative estimate of drug-likeness (QED) is 0.781. The molecule has 2 aromatic rings. The molecule has 2 aromatic carbocycles. The second-order valence-corrected chi connectivity index (χ2v) is 8.19. The smallest absolute Gasteiger partial charge is 0.230 e. The molecule has 0 aromatic heterocycles. The standard InChI is InChI=1S/C24H31N3O2/c1-25(2)12-7-13-27-22-10-5-3-8-19(22)18-21(20-9-4-6-11-23(20)27)24(28)26-14-16-29-17-15-26/h3-6,8-11,21H,7,12-18H2,1-2H3/t21-/m1/s1. The molecule has 154 valence electrons. The summed E-state index contributed by atoms with van der Waals surface area (Å²) in [5, 5.41) is 0. The highest BCUT2D eigenvalue weighted by Gasteiger charge is 2.33. The number of hydrogen-bond donors (Lipinski definition) is 0. The van der Waals surface area contributed by atoms with Gasteiger partial charge in [-0.1, -0.05) is 36.4 Å². The van der Waals surface area contributed by atoms with E-state index in [9.17, 15) is 4.79 Å². The van der Waals surface area contributed by atoms with Crippen LogP contribution in [0.25, 0.3) is 0 Å². The second-order valence-electron chi connectivity index (χ2n) is 8.19. The monoisotopic (exact) mass is 393 g/mol. The molecule has 0 spiro atoms. The van der Waals surface area contributed by atoms with Gasteiger partial charge in [0.15, 0.2) is 0 Å². The van der Waals surface area contributed by atoms with Crippen LogP contribution in [0.2, 0.25) is 0 Å². The van der Waals surface area contributed by atoms with Crippen LogP contribution in [-0.4, -0.2) is 69.2 Å². The third kappa shape index (κ3) is 4.31. The van der Waals surface area contributed by atoms with E-state index in [2.05, 4.69) is 72.4 Å². The lowest BCUT2D eigenvalue weighted by atomic mass is 9.90. The van der Waals surface area contributed by atoms with Gasteiger partial charge in [0, 0.05) is 31.0 Å². The fraction of sp³-hybridized carbons (Fsp3) is 0.458. The largest absolute Gasteiger partial charge is 0.378 e. The molecule has 0 bridgehead atoms. The summed E-state index contributed by atoms with van der Waals surface area (Å²) >= 11 is 0. The molecule has 2 aliphatic heterocycles. The topological polar surface area (TPSA) is 36.0 Å². The lowest BCUT2D eigenvalue weighted by Crippen LogP contribution is -2.43. The first kappa shape index (κ1) is 19.9. The van der Waals surface area contributed by atoms with Gasteiger partial charge in [-0.2, -0.15) is 0 Å². The summed E-state index contributed by atoms with van der Waals surface area (Å²) in [5.74, 6) is 0.0787. The minimum absolute atomic E-state index is 0.149. The summed E-state index contributed by atoms with van der Waals surface area (Å²) in [4.78, 5) is 20.2. The highest BCUT2D eigenvalue weighted by Crippen LogP contribution is 2.41. The zero-order valence-electron chi connectivity index (χ0n) is 17.5. The summed E-state index contributed by atoms with van der Waals surface area (Å²) in [6, 6.07) is 17.0. The third-order valence-corrected chi connectivity index (χ3v) is 5.92. The highest BCUT2D eigenvalue weighted by atomic mass is 16.5. The van der Waals surface area contributed by atoms with Gasteiger partial charge < -0.3 is 19.4 Å². The van der Waals surface area contributed by atoms with Crippen LogP contribution >= 0.6 is 0 Å². The minimum atomic E-state index is -0.149. The number of benzene rings is 2. The van der Waals surface area contributed by atoms with Crippen molar-refractivity contribution in [2.75, 3.05) is 58.4 Å². The molecule has 0 aliphatic carbocycles. The summed E-state index contributed by atoms with van der Waals surface area (Å²) in [7, 11) is 4.22. The molecule has 29 heavy (non-hydrogen) atoms. The Kier molecular flexibility index (Phi) is 6.16. The Hall–Kier alpha value is -2.37. The first-order valence-electron chi connectivity index (χ1n) is 10.6. The number of morpholine rings is 1. The number of carbonyl (C=O) groups is 1. The molecule has 0 unspecified atom stereocenters. The number of fused-ring (bicyclic) bond motifs is 2. The Balaban J connectivity index is 1.72. The highest BCUT2D eigenvalue weighted by molar-refractivity contribution is 5.88. The van der Waals surface area contributed by atoms with Crippen molar-refractivity contribution in [3.05, 3.63) is 59.7 Å². The van der Waals surface area contributed by atoms with E-state index in [0.717, 1.165) is 31.5 Å². The number of nitrogens with zero attached hydrogens (tertiary/aromatic N) is 3. The average Bonchev–Trinajstić information content (AvgIpc) is 2.89. The van der Waals surface area contributed by atoms with Crippen molar-refractivity contribution in [1.82, 2.24) is 9.80 Å². The first-order valence-corrected chi connectivity index (χ1v) is 10.6. The van der Waals surface area contributed by atoms with Crippen LogP contribution in [0.15, 0.2) is 48.5 Å². The Morgan fingerprint density at radius 2 is 1.72 bits per heavy atom. The fourth-order valence-corrected chi connectivity index (χ4v) is 4.44. The second kappa shape index (κ2) is 8.97. The van der Waals surface area contributed by atoms with Crippen LogP contribution in [0.1, 0.15) is 23.5 Å². The van der Waals surface area contributed by atoms with Crippen molar-refractivity contribution < 1.29 is 9.53 Å². The van der Waals surface area contributed by atoms with Crippen molar-refractivity contribution in [3.63, 3.8) is 0 Å². The van der Waals surface area contributed by atoms with Gasteiger partial charge in [-0.15, -0.1) is 0 Å². The maximum absolute atomic E-state index is 13.5. The van der Waals surface area contributed by atoms with Crippen molar-refractivity contribution in [2.45, 2.75) is 18.8 Å². The van der Waals surface area contributed by atoms with E-state index in [4.69, 9.17) is 4.74 Å². The molecule has 1 atom stereocenters. The van der Waals surface area contributed by atoms with Gasteiger partial charge in [0.1, 0.15) is 0 Å². The number of ether oxygens (including phenoxy) is 1. The Bertz CT molecular complexity index is 846. The van der Waals surface area contributed by atoms with Crippen LogP contribution in [0.5, 0.6) is 0 Å². The number of carbonyl (C=O) groups excluding carboxylic acids is 1. The maximum Gasteiger partial charge on any atom is 0.230 e. The van der Waals surface area contributed by atoms with E-state index in [-0.39, 0.29) is 11.8 Å². The van der Waals surface area contributed by atoms with Crippen molar-refractivity contribution in [2.24, 2.45) is 0 Å². The van der Waals surface area contributed by atoms with E-state index >= 15 is 0 Å². The number of para-hydroxylation sites is 2. The Morgan fingerprint density at radius 1 is 1.03 bits per heavy atom. The summed E-state index contributed by atoms with van der Waals surface area (Å²) in [6.45, 7) is 4.61. The van der Waals surface area contributed by atoms with Gasteiger partial charge in [-0.3, -0.25) is 4.79 Å². The fourth-order valence-electron chi connectivity index (χ4n) is 4.44. The lowest BCUT2D eigenvalue weighted by molar-refractivity contribution is -0.136. The Morgan fingerprint density at radius 3 is 2.48 bits per heavy atom. The average molecular weight is 394 g/mol. The number of rotatable bonds is 5. The number of hydrogen-bond acceptors (Lipinski definition) is 4. The van der Waals surface area contributed by atoms with Crippen molar-refractivity contribution in [3.8, 4) is 0 Å². The zero-order chi connectivity index (χ0) is 20.2. The molecular weight excluding hydrogens is 362 g/mol. The van der Waals surface area contributed by atoms with Gasteiger partial charge in [0.2, 0.25) is 5.91 Å². The molecule has 1 fully saturated rings. The van der Waals surface area contributed by atoms with Gasteiger partial charge in [-0.25, -0.2) is 0 Å². The molecule has 5 nitrogen and oxygen atoms in total. The molecule has 0 radical (unpaired) electrons. The van der Waals surface area contributed by atoms with Crippen LogP contribution in [0.4, 0.5) is 11.4 Å². The summed E-state index contributed by atoms with van der Waals surface area (Å²) < 4.78 is 5.46. The molecule has 2 heterocycles. The van der Waals surface area contributed by atoms with E-state index in [1.54, 1.807) is 0 Å². The zero-order valence-corrected chi connectivity index (χ0v) is 17.5. The summed E-state index contributed by atoms with van der Waals surface area (Å²) in [5.41, 5.74) is 4.80. The van der Waals surface area contributed by atoms with Crippen LogP contribution in [-0.2, 0) is 16.0 Å². The van der Waals surface area contributed by atoms with Crippen molar-refractivity contribution in [1.29, 1.82) is 0 Å². The van der Waals surface area contributed by atoms with E-state index in [1.807, 2.05) is 4.90 Å². The summed E-state index contributed by atoms with van der Waals surface area (Å²) in [6.07, 6.45) is 1.81. The van der Waals surface area contributed by atoms with Gasteiger partial charge in [-0.05, 0) is 56.7 Å². The van der Waals surface area contributed by atoms with Crippen molar-refractivity contribution >= 4 is 17.3 Å². The molecule has 5 heteroatoms. The normalized spacial score (nSPS) is 18.9. The van der Waals surface area contributed by atoms with Crippen LogP contribution in [0.3, 0.4) is 0 Å². The minimum Gasteiger partial charge on any atom is -0.378 e. The number of anilines is 2. The van der Waals surface area contributed by atoms with Gasteiger partial charge in [0.25, 0.3) is 0 Å². The molecule has 1 amide bonds. The Labute approximate surface area is 173 Å². The van der Waals surface area contributed by atoms with Gasteiger partial charge in [0.05, 0.1) is 19.1 Å². The maximum atomic E-state index is 13.5. The lowest BCUT2D eigenvalue weighted by Gasteiger charge is -2.31. The predicted molar refractivity (Wildman–Crippen MR) is 117 cm³/mol. The van der Waals surface area contributed by atoms with Crippen LogP contribution < -0.4 is 4.90 Å². The van der Waals surface area contributed by atoms with Crippen LogP contribution in [0, 0.1) is 0 Å². The predicted octanol–water partition coefficient (Wildman–Crippen LogP) is 3.27. The molecular formula is C24H31N3O2. The molecule has 0 saturated carbocycles. The molecule has 0 N–H and O–H groups in total. The molecule has 1 saturated heterocycles. The molecule has 2 aliphatic rings.